The summed E-state index contributed by atoms with van der Waals surface area (Å²) in [6.45, 7) is 3.13. The van der Waals surface area contributed by atoms with Crippen molar-refractivity contribution in [3.8, 4) is 0 Å². The van der Waals surface area contributed by atoms with Crippen LogP contribution in [0.5, 0.6) is 0 Å². The Balaban J connectivity index is 1.99. The monoisotopic (exact) mass is 241 g/mol. The number of aromatic nitrogens is 3. The van der Waals surface area contributed by atoms with Crippen LogP contribution in [0.2, 0.25) is 0 Å². The molecule has 0 amide bonds. The van der Waals surface area contributed by atoms with Crippen molar-refractivity contribution < 1.29 is 0 Å². The summed E-state index contributed by atoms with van der Waals surface area (Å²) in [7, 11) is 0. The van der Waals surface area contributed by atoms with Crippen molar-refractivity contribution in [2.24, 2.45) is 5.92 Å². The fraction of sp³-hybridized carbons (Fsp3) is 0.833. The molecule has 4 heteroatoms. The average molecular weight is 242 g/mol. The van der Waals surface area contributed by atoms with Gasteiger partial charge in [-0.15, -0.1) is 11.6 Å². The van der Waals surface area contributed by atoms with Crippen LogP contribution in [-0.2, 0) is 13.0 Å². The number of hydrogen-bond acceptors (Lipinski definition) is 2. The standard InChI is InChI=1S/C12H20ClN3/c1-2-7-16-12(14-9-15-16)8-10-5-3-4-6-11(10)13/h9-11H,2-8H2,1H3. The number of aryl methyl sites for hydroxylation is 1. The molecule has 3 nitrogen and oxygen atoms in total. The van der Waals surface area contributed by atoms with Crippen molar-refractivity contribution in [3.63, 3.8) is 0 Å². The van der Waals surface area contributed by atoms with Gasteiger partial charge in [-0.2, -0.15) is 5.10 Å². The van der Waals surface area contributed by atoms with Gasteiger partial charge in [0.1, 0.15) is 12.2 Å². The van der Waals surface area contributed by atoms with Gasteiger partial charge in [0.2, 0.25) is 0 Å². The molecule has 1 fully saturated rings. The Kier molecular flexibility index (Phi) is 4.22. The number of alkyl halides is 1. The molecule has 0 radical (unpaired) electrons. The molecule has 0 bridgehead atoms. The molecular formula is C12H20ClN3. The minimum absolute atomic E-state index is 0.334. The second-order valence-corrected chi connectivity index (χ2v) is 5.22. The van der Waals surface area contributed by atoms with Crippen LogP contribution in [0.3, 0.4) is 0 Å². The van der Waals surface area contributed by atoms with Crippen molar-refractivity contribution >= 4 is 11.6 Å². The molecule has 1 saturated carbocycles. The zero-order chi connectivity index (χ0) is 11.4. The van der Waals surface area contributed by atoms with Gasteiger partial charge in [-0.05, 0) is 25.2 Å². The van der Waals surface area contributed by atoms with Gasteiger partial charge in [0.05, 0.1) is 0 Å². The molecule has 0 spiro atoms. The number of rotatable bonds is 4. The van der Waals surface area contributed by atoms with Crippen LogP contribution in [0.4, 0.5) is 0 Å². The smallest absolute Gasteiger partial charge is 0.138 e. The van der Waals surface area contributed by atoms with Crippen LogP contribution in [0.25, 0.3) is 0 Å². The fourth-order valence-corrected chi connectivity index (χ4v) is 2.84. The van der Waals surface area contributed by atoms with Crippen LogP contribution >= 0.6 is 11.6 Å². The van der Waals surface area contributed by atoms with Gasteiger partial charge in [-0.25, -0.2) is 4.98 Å². The van der Waals surface area contributed by atoms with Gasteiger partial charge in [0.15, 0.2) is 0 Å². The molecule has 0 aliphatic heterocycles. The molecule has 0 aromatic carbocycles. The van der Waals surface area contributed by atoms with Crippen LogP contribution in [0.15, 0.2) is 6.33 Å². The van der Waals surface area contributed by atoms with E-state index in [1.165, 1.54) is 19.3 Å². The van der Waals surface area contributed by atoms with E-state index in [9.17, 15) is 0 Å². The molecule has 90 valence electrons. The quantitative estimate of drug-likeness (QED) is 0.759. The van der Waals surface area contributed by atoms with Gasteiger partial charge < -0.3 is 0 Å². The van der Waals surface area contributed by atoms with Crippen molar-refractivity contribution in [1.29, 1.82) is 0 Å². The number of hydrogen-bond donors (Lipinski definition) is 0. The molecule has 0 saturated heterocycles. The third-order valence-corrected chi connectivity index (χ3v) is 3.97. The topological polar surface area (TPSA) is 30.7 Å². The Labute approximate surface area is 102 Å². The Morgan fingerprint density at radius 2 is 2.25 bits per heavy atom. The largest absolute Gasteiger partial charge is 0.250 e. The summed E-state index contributed by atoms with van der Waals surface area (Å²) in [6, 6.07) is 0. The van der Waals surface area contributed by atoms with Gasteiger partial charge in [-0.3, -0.25) is 4.68 Å². The van der Waals surface area contributed by atoms with Crippen LogP contribution < -0.4 is 0 Å². The van der Waals surface area contributed by atoms with E-state index in [1.807, 2.05) is 4.68 Å². The van der Waals surface area contributed by atoms with E-state index in [2.05, 4.69) is 17.0 Å². The fourth-order valence-electron chi connectivity index (χ4n) is 2.47. The molecule has 0 N–H and O–H groups in total. The normalized spacial score (nSPS) is 25.9. The highest BCUT2D eigenvalue weighted by molar-refractivity contribution is 6.20. The van der Waals surface area contributed by atoms with E-state index in [-0.39, 0.29) is 0 Å². The van der Waals surface area contributed by atoms with Crippen molar-refractivity contribution in [2.45, 2.75) is 57.4 Å². The molecular weight excluding hydrogens is 222 g/mol. The summed E-state index contributed by atoms with van der Waals surface area (Å²) in [5, 5.41) is 4.59. The van der Waals surface area contributed by atoms with Gasteiger partial charge in [-0.1, -0.05) is 19.8 Å². The van der Waals surface area contributed by atoms with E-state index in [1.54, 1.807) is 6.33 Å². The minimum Gasteiger partial charge on any atom is -0.250 e. The summed E-state index contributed by atoms with van der Waals surface area (Å²) >= 11 is 6.37. The third kappa shape index (κ3) is 2.76. The van der Waals surface area contributed by atoms with Crippen molar-refractivity contribution in [2.75, 3.05) is 0 Å². The zero-order valence-electron chi connectivity index (χ0n) is 9.90. The van der Waals surface area contributed by atoms with Gasteiger partial charge in [0.25, 0.3) is 0 Å². The summed E-state index contributed by atoms with van der Waals surface area (Å²) in [6.07, 6.45) is 8.76. The second-order valence-electron chi connectivity index (χ2n) is 4.66. The van der Waals surface area contributed by atoms with Crippen molar-refractivity contribution in [3.05, 3.63) is 12.2 Å². The maximum absolute atomic E-state index is 6.37. The first-order chi connectivity index (χ1) is 7.81. The predicted molar refractivity (Wildman–Crippen MR) is 65.6 cm³/mol. The molecule has 2 unspecified atom stereocenters. The molecule has 1 aliphatic rings. The van der Waals surface area contributed by atoms with Gasteiger partial charge >= 0.3 is 0 Å². The van der Waals surface area contributed by atoms with Crippen LogP contribution in [0.1, 0.15) is 44.9 Å². The lowest BCUT2D eigenvalue weighted by atomic mass is 9.86. The first-order valence-corrected chi connectivity index (χ1v) is 6.75. The summed E-state index contributed by atoms with van der Waals surface area (Å²) in [4.78, 5) is 4.36. The minimum atomic E-state index is 0.334. The lowest BCUT2D eigenvalue weighted by molar-refractivity contribution is 0.352. The molecule has 1 aromatic rings. The number of nitrogens with zero attached hydrogens (tertiary/aromatic N) is 3. The maximum atomic E-state index is 6.37. The Bertz CT molecular complexity index is 324. The lowest BCUT2D eigenvalue weighted by Crippen LogP contribution is -2.23. The highest BCUT2D eigenvalue weighted by Gasteiger charge is 2.24. The SMILES string of the molecule is CCCn1ncnc1CC1CCCCC1Cl. The zero-order valence-corrected chi connectivity index (χ0v) is 10.7. The van der Waals surface area contributed by atoms with E-state index in [0.29, 0.717) is 11.3 Å². The number of halogens is 1. The van der Waals surface area contributed by atoms with Gasteiger partial charge in [0, 0.05) is 18.3 Å². The molecule has 16 heavy (non-hydrogen) atoms. The second kappa shape index (κ2) is 5.67. The Morgan fingerprint density at radius 1 is 1.44 bits per heavy atom. The first kappa shape index (κ1) is 11.9. The highest BCUT2D eigenvalue weighted by atomic mass is 35.5. The maximum Gasteiger partial charge on any atom is 0.138 e. The molecule has 1 aliphatic carbocycles. The van der Waals surface area contributed by atoms with E-state index >= 15 is 0 Å². The summed E-state index contributed by atoms with van der Waals surface area (Å²) in [5.74, 6) is 1.70. The Morgan fingerprint density at radius 3 is 3.00 bits per heavy atom. The van der Waals surface area contributed by atoms with Crippen molar-refractivity contribution in [1.82, 2.24) is 14.8 Å². The average Bonchev–Trinajstić information content (AvgIpc) is 2.70. The van der Waals surface area contributed by atoms with E-state index in [4.69, 9.17) is 11.6 Å². The molecule has 1 aromatic heterocycles. The van der Waals surface area contributed by atoms with Crippen LogP contribution in [-0.4, -0.2) is 20.1 Å². The van der Waals surface area contributed by atoms with E-state index < -0.39 is 0 Å². The predicted octanol–water partition coefficient (Wildman–Crippen LogP) is 3.03. The third-order valence-electron chi connectivity index (χ3n) is 3.39. The summed E-state index contributed by atoms with van der Waals surface area (Å²) < 4.78 is 2.03. The highest BCUT2D eigenvalue weighted by Crippen LogP contribution is 2.30. The molecule has 1 heterocycles. The van der Waals surface area contributed by atoms with Crippen LogP contribution in [0, 0.1) is 5.92 Å². The lowest BCUT2D eigenvalue weighted by Gasteiger charge is -2.26. The Hall–Kier alpha value is -0.570. The molecule has 2 rings (SSSR count). The summed E-state index contributed by atoms with van der Waals surface area (Å²) in [5.41, 5.74) is 0. The first-order valence-electron chi connectivity index (χ1n) is 6.32. The molecule has 2 atom stereocenters. The van der Waals surface area contributed by atoms with E-state index in [0.717, 1.165) is 31.6 Å².